The van der Waals surface area contributed by atoms with Crippen molar-refractivity contribution in [3.05, 3.63) is 30.3 Å². The van der Waals surface area contributed by atoms with E-state index in [1.807, 2.05) is 35.2 Å². The number of hydrogen-bond acceptors (Lipinski definition) is 7. The van der Waals surface area contributed by atoms with Gasteiger partial charge in [0.1, 0.15) is 0 Å². The molecule has 0 radical (unpaired) electrons. The Kier molecular flexibility index (Phi) is 6.07. The molecular formula is C17H23N5O4S. The van der Waals surface area contributed by atoms with Crippen molar-refractivity contribution in [1.29, 1.82) is 0 Å². The smallest absolute Gasteiger partial charge is 0.255 e. The number of hydrogen-bond donors (Lipinski definition) is 1. The van der Waals surface area contributed by atoms with Crippen LogP contribution in [0, 0.1) is 0 Å². The Hall–Kier alpha value is -2.46. The molecule has 10 heteroatoms. The highest BCUT2D eigenvalue weighted by atomic mass is 32.2. The maximum atomic E-state index is 12.9. The second-order valence-corrected chi connectivity index (χ2v) is 8.15. The van der Waals surface area contributed by atoms with Crippen LogP contribution in [0.15, 0.2) is 35.5 Å². The number of ether oxygens (including phenoxy) is 1. The lowest BCUT2D eigenvalue weighted by molar-refractivity contribution is -0.120. The molecule has 3 rings (SSSR count). The van der Waals surface area contributed by atoms with Crippen LogP contribution in [0.4, 0.5) is 5.95 Å². The van der Waals surface area contributed by atoms with Crippen molar-refractivity contribution in [2.24, 2.45) is 0 Å². The highest BCUT2D eigenvalue weighted by molar-refractivity contribution is 7.91. The molecule has 1 aliphatic rings. The number of benzene rings is 1. The maximum absolute atomic E-state index is 12.9. The fraction of sp³-hybridized carbons (Fsp3) is 0.471. The Morgan fingerprint density at radius 2 is 1.89 bits per heavy atom. The van der Waals surface area contributed by atoms with E-state index in [2.05, 4.69) is 15.5 Å². The van der Waals surface area contributed by atoms with Gasteiger partial charge in [-0.1, -0.05) is 18.2 Å². The minimum absolute atomic E-state index is 0.105. The number of amides is 1. The number of carbonyl (C=O) groups is 1. The summed E-state index contributed by atoms with van der Waals surface area (Å²) in [5.74, 6) is 0.118. The second-order valence-electron chi connectivity index (χ2n) is 6.15. The third-order valence-electron chi connectivity index (χ3n) is 4.30. The molecule has 0 aliphatic carbocycles. The van der Waals surface area contributed by atoms with Gasteiger partial charge in [-0.3, -0.25) is 9.36 Å². The number of rotatable bonds is 7. The quantitative estimate of drug-likeness (QED) is 0.726. The number of aromatic nitrogens is 3. The maximum Gasteiger partial charge on any atom is 0.255 e. The van der Waals surface area contributed by atoms with E-state index in [0.717, 1.165) is 0 Å². The van der Waals surface area contributed by atoms with Gasteiger partial charge in [-0.05, 0) is 18.6 Å². The molecule has 0 atom stereocenters. The van der Waals surface area contributed by atoms with Crippen LogP contribution in [0.25, 0.3) is 5.69 Å². The van der Waals surface area contributed by atoms with Crippen LogP contribution in [0.5, 0.6) is 0 Å². The molecular weight excluding hydrogens is 370 g/mol. The van der Waals surface area contributed by atoms with E-state index in [9.17, 15) is 13.2 Å². The molecule has 0 spiro atoms. The molecule has 0 bridgehead atoms. The van der Waals surface area contributed by atoms with Gasteiger partial charge in [0, 0.05) is 26.6 Å². The number of carbonyl (C=O) groups excluding carboxylic acids is 1. The zero-order valence-electron chi connectivity index (χ0n) is 15.2. The summed E-state index contributed by atoms with van der Waals surface area (Å²) in [4.78, 5) is 13.3. The number of para-hydroxylation sites is 1. The molecule has 0 saturated carbocycles. The fourth-order valence-corrected chi connectivity index (χ4v) is 4.21. The SMILES string of the molecule is CNC(=O)CCCS(=O)(=O)c1nnc(N2CCOCC2)n1-c1ccccc1. The van der Waals surface area contributed by atoms with Gasteiger partial charge in [0.25, 0.3) is 5.16 Å². The van der Waals surface area contributed by atoms with Gasteiger partial charge in [0.15, 0.2) is 0 Å². The van der Waals surface area contributed by atoms with Crippen molar-refractivity contribution in [1.82, 2.24) is 20.1 Å². The molecule has 0 unspecified atom stereocenters. The van der Waals surface area contributed by atoms with Gasteiger partial charge in [-0.2, -0.15) is 0 Å². The highest BCUT2D eigenvalue weighted by Crippen LogP contribution is 2.24. The van der Waals surface area contributed by atoms with Crippen LogP contribution in [0.1, 0.15) is 12.8 Å². The number of anilines is 1. The van der Waals surface area contributed by atoms with Crippen molar-refractivity contribution < 1.29 is 17.9 Å². The van der Waals surface area contributed by atoms with E-state index in [-0.39, 0.29) is 29.7 Å². The summed E-state index contributed by atoms with van der Waals surface area (Å²) in [6.45, 7) is 2.33. The van der Waals surface area contributed by atoms with Crippen LogP contribution >= 0.6 is 0 Å². The Labute approximate surface area is 158 Å². The molecule has 146 valence electrons. The first kappa shape index (κ1) is 19.3. The Morgan fingerprint density at radius 3 is 2.56 bits per heavy atom. The van der Waals surface area contributed by atoms with Gasteiger partial charge in [-0.15, -0.1) is 10.2 Å². The zero-order valence-corrected chi connectivity index (χ0v) is 16.0. The molecule has 1 fully saturated rings. The summed E-state index contributed by atoms with van der Waals surface area (Å²) >= 11 is 0. The lowest BCUT2D eigenvalue weighted by Crippen LogP contribution is -2.38. The molecule has 1 saturated heterocycles. The molecule has 1 N–H and O–H groups in total. The average molecular weight is 393 g/mol. The predicted molar refractivity (Wildman–Crippen MR) is 99.7 cm³/mol. The zero-order chi connectivity index (χ0) is 19.3. The van der Waals surface area contributed by atoms with Gasteiger partial charge in [0.2, 0.25) is 21.7 Å². The molecule has 1 aliphatic heterocycles. The number of morpholine rings is 1. The second kappa shape index (κ2) is 8.49. The standard InChI is InChI=1S/C17H23N5O4S/c1-18-15(23)8-5-13-27(24,25)17-20-19-16(21-9-11-26-12-10-21)22(17)14-6-3-2-4-7-14/h2-4,6-7H,5,8-13H2,1H3,(H,18,23). The predicted octanol–water partition coefficient (Wildman–Crippen LogP) is 0.404. The average Bonchev–Trinajstić information content (AvgIpc) is 3.15. The molecule has 2 heterocycles. The molecule has 9 nitrogen and oxygen atoms in total. The summed E-state index contributed by atoms with van der Waals surface area (Å²) in [5.41, 5.74) is 0.675. The van der Waals surface area contributed by atoms with Crippen molar-refractivity contribution >= 4 is 21.7 Å². The first-order valence-corrected chi connectivity index (χ1v) is 10.4. The summed E-state index contributed by atoms with van der Waals surface area (Å²) in [5, 5.41) is 10.6. The summed E-state index contributed by atoms with van der Waals surface area (Å²) in [7, 11) is -2.18. The van der Waals surface area contributed by atoms with Crippen molar-refractivity contribution in [3.8, 4) is 5.69 Å². The van der Waals surface area contributed by atoms with E-state index < -0.39 is 9.84 Å². The van der Waals surface area contributed by atoms with E-state index in [1.54, 1.807) is 4.57 Å². The van der Waals surface area contributed by atoms with E-state index in [1.165, 1.54) is 7.05 Å². The van der Waals surface area contributed by atoms with E-state index >= 15 is 0 Å². The van der Waals surface area contributed by atoms with Crippen LogP contribution in [-0.2, 0) is 19.4 Å². The summed E-state index contributed by atoms with van der Waals surface area (Å²) in [6.07, 6.45) is 0.363. The summed E-state index contributed by atoms with van der Waals surface area (Å²) < 4.78 is 32.7. The third-order valence-corrected chi connectivity index (χ3v) is 5.95. The first-order valence-electron chi connectivity index (χ1n) is 8.80. The Balaban J connectivity index is 1.95. The third kappa shape index (κ3) is 4.45. The van der Waals surface area contributed by atoms with E-state index in [0.29, 0.717) is 37.9 Å². The lowest BCUT2D eigenvalue weighted by atomic mass is 10.3. The molecule has 1 aromatic carbocycles. The summed E-state index contributed by atoms with van der Waals surface area (Å²) in [6, 6.07) is 9.16. The number of sulfone groups is 1. The van der Waals surface area contributed by atoms with Crippen LogP contribution in [0.3, 0.4) is 0 Å². The largest absolute Gasteiger partial charge is 0.378 e. The monoisotopic (exact) mass is 393 g/mol. The fourth-order valence-electron chi connectivity index (χ4n) is 2.87. The van der Waals surface area contributed by atoms with Crippen molar-refractivity contribution in [2.75, 3.05) is 44.0 Å². The normalized spacial score (nSPS) is 14.9. The van der Waals surface area contributed by atoms with Gasteiger partial charge in [0.05, 0.1) is 24.7 Å². The molecule has 1 amide bonds. The van der Waals surface area contributed by atoms with Crippen LogP contribution in [0.2, 0.25) is 0 Å². The molecule has 27 heavy (non-hydrogen) atoms. The number of nitrogens with zero attached hydrogens (tertiary/aromatic N) is 4. The van der Waals surface area contributed by atoms with Crippen LogP contribution in [-0.4, -0.2) is 68.2 Å². The molecule has 1 aromatic heterocycles. The minimum atomic E-state index is -3.71. The van der Waals surface area contributed by atoms with Gasteiger partial charge >= 0.3 is 0 Å². The Morgan fingerprint density at radius 1 is 1.19 bits per heavy atom. The highest BCUT2D eigenvalue weighted by Gasteiger charge is 2.28. The van der Waals surface area contributed by atoms with Crippen LogP contribution < -0.4 is 10.2 Å². The topological polar surface area (TPSA) is 106 Å². The number of nitrogens with one attached hydrogen (secondary N) is 1. The Bertz CT molecular complexity index is 876. The first-order chi connectivity index (χ1) is 13.0. The van der Waals surface area contributed by atoms with Gasteiger partial charge in [-0.25, -0.2) is 8.42 Å². The van der Waals surface area contributed by atoms with E-state index in [4.69, 9.17) is 4.74 Å². The lowest BCUT2D eigenvalue weighted by Gasteiger charge is -2.27. The van der Waals surface area contributed by atoms with Crippen molar-refractivity contribution in [2.45, 2.75) is 18.0 Å². The minimum Gasteiger partial charge on any atom is -0.378 e. The molecule has 2 aromatic rings. The van der Waals surface area contributed by atoms with Gasteiger partial charge < -0.3 is 15.0 Å². The van der Waals surface area contributed by atoms with Crippen molar-refractivity contribution in [3.63, 3.8) is 0 Å².